The third kappa shape index (κ3) is 3.60. The van der Waals surface area contributed by atoms with Crippen molar-refractivity contribution in [3.05, 3.63) is 72.4 Å². The summed E-state index contributed by atoms with van der Waals surface area (Å²) in [5, 5.41) is 12.7. The van der Waals surface area contributed by atoms with E-state index in [9.17, 15) is 14.7 Å². The number of imidazole rings is 1. The third-order valence-electron chi connectivity index (χ3n) is 6.84. The van der Waals surface area contributed by atoms with Crippen LogP contribution in [-0.2, 0) is 4.74 Å². The smallest absolute Gasteiger partial charge is 0.408 e. The normalized spacial score (nSPS) is 21.0. The van der Waals surface area contributed by atoms with Crippen LogP contribution in [-0.4, -0.2) is 60.6 Å². The van der Waals surface area contributed by atoms with Crippen LogP contribution < -0.4 is 11.1 Å². The van der Waals surface area contributed by atoms with E-state index in [1.807, 2.05) is 4.40 Å². The van der Waals surface area contributed by atoms with Crippen molar-refractivity contribution in [3.63, 3.8) is 0 Å². The van der Waals surface area contributed by atoms with Gasteiger partial charge in [0.25, 0.3) is 5.91 Å². The molecule has 11 nitrogen and oxygen atoms in total. The van der Waals surface area contributed by atoms with Gasteiger partial charge in [-0.05, 0) is 30.7 Å². The second-order valence-electron chi connectivity index (χ2n) is 8.90. The standard InChI is InChI=1S/C25H23N7O4/c26-22-21-20(14-4-6-15(7-5-14)24(33)29-19-3-1-2-8-27-19)30-23(31(21)10-9-28-22)17-11-16-12-36-13-18(16)32(17)25(34)35/h1-10,16-18H,11-13H2,(H2,26,28)(H,34,35)(H,27,29,33)/t16-,17-,18+/m0/s1. The Morgan fingerprint density at radius 2 is 1.92 bits per heavy atom. The summed E-state index contributed by atoms with van der Waals surface area (Å²) in [5.41, 5.74) is 8.62. The molecule has 0 bridgehead atoms. The number of hydrogen-bond donors (Lipinski definition) is 3. The fraction of sp³-hybridized carbons (Fsp3) is 0.240. The van der Waals surface area contributed by atoms with Crippen LogP contribution in [0.1, 0.15) is 28.6 Å². The van der Waals surface area contributed by atoms with E-state index in [0.717, 1.165) is 5.56 Å². The highest BCUT2D eigenvalue weighted by atomic mass is 16.5. The lowest BCUT2D eigenvalue weighted by Crippen LogP contribution is -2.39. The first-order valence-electron chi connectivity index (χ1n) is 11.6. The minimum atomic E-state index is -0.999. The number of pyridine rings is 1. The largest absolute Gasteiger partial charge is 0.465 e. The minimum absolute atomic E-state index is 0.123. The summed E-state index contributed by atoms with van der Waals surface area (Å²) in [6.45, 7) is 0.919. The molecule has 2 saturated heterocycles. The number of rotatable bonds is 4. The summed E-state index contributed by atoms with van der Waals surface area (Å²) in [6.07, 6.45) is 4.55. The lowest BCUT2D eigenvalue weighted by atomic mass is 10.0. The molecule has 1 aromatic carbocycles. The number of ether oxygens (including phenoxy) is 1. The summed E-state index contributed by atoms with van der Waals surface area (Å²) in [4.78, 5) is 39.5. The minimum Gasteiger partial charge on any atom is -0.465 e. The molecule has 2 amide bonds. The number of likely N-dealkylation sites (tertiary alicyclic amines) is 1. The molecule has 0 radical (unpaired) electrons. The van der Waals surface area contributed by atoms with Crippen LogP contribution in [0, 0.1) is 5.92 Å². The Morgan fingerprint density at radius 1 is 1.08 bits per heavy atom. The number of benzene rings is 1. The number of nitrogens with zero attached hydrogens (tertiary/aromatic N) is 5. The highest BCUT2D eigenvalue weighted by Crippen LogP contribution is 2.44. The SMILES string of the molecule is Nc1nccn2c([C@@H]3C[C@H]4COC[C@H]4N3C(=O)O)nc(-c3ccc(C(=O)Nc4ccccn4)cc3)c12. The number of carbonyl (C=O) groups is 2. The monoisotopic (exact) mass is 485 g/mol. The van der Waals surface area contributed by atoms with E-state index in [0.29, 0.717) is 48.1 Å². The summed E-state index contributed by atoms with van der Waals surface area (Å²) in [5.74, 6) is 1.17. The lowest BCUT2D eigenvalue weighted by Gasteiger charge is -2.25. The maximum atomic E-state index is 12.6. The first-order valence-corrected chi connectivity index (χ1v) is 11.6. The van der Waals surface area contributed by atoms with Gasteiger partial charge < -0.3 is 20.9 Å². The third-order valence-corrected chi connectivity index (χ3v) is 6.84. The average Bonchev–Trinajstić information content (AvgIpc) is 3.58. The van der Waals surface area contributed by atoms with Crippen molar-refractivity contribution in [2.24, 2.45) is 5.92 Å². The number of fused-ring (bicyclic) bond motifs is 2. The Morgan fingerprint density at radius 3 is 2.67 bits per heavy atom. The highest BCUT2D eigenvalue weighted by molar-refractivity contribution is 6.04. The molecule has 36 heavy (non-hydrogen) atoms. The van der Waals surface area contributed by atoms with E-state index >= 15 is 0 Å². The molecule has 5 heterocycles. The first-order chi connectivity index (χ1) is 17.5. The molecule has 182 valence electrons. The van der Waals surface area contributed by atoms with Crippen LogP contribution in [0.3, 0.4) is 0 Å². The number of aromatic nitrogens is 4. The zero-order valence-corrected chi connectivity index (χ0v) is 19.1. The molecule has 3 atom stereocenters. The molecule has 4 N–H and O–H groups in total. The molecule has 0 spiro atoms. The highest BCUT2D eigenvalue weighted by Gasteiger charge is 2.49. The van der Waals surface area contributed by atoms with Crippen molar-refractivity contribution >= 4 is 29.2 Å². The zero-order chi connectivity index (χ0) is 24.8. The molecular weight excluding hydrogens is 462 g/mol. The molecule has 6 rings (SSSR count). The number of amides is 2. The van der Waals surface area contributed by atoms with E-state index in [2.05, 4.69) is 15.3 Å². The van der Waals surface area contributed by atoms with Crippen molar-refractivity contribution in [1.29, 1.82) is 0 Å². The quantitative estimate of drug-likeness (QED) is 0.399. The van der Waals surface area contributed by atoms with Crippen LogP contribution in [0.4, 0.5) is 16.4 Å². The summed E-state index contributed by atoms with van der Waals surface area (Å²) in [7, 11) is 0. The topological polar surface area (TPSA) is 148 Å². The summed E-state index contributed by atoms with van der Waals surface area (Å²) in [6, 6.07) is 11.6. The Kier molecular flexibility index (Phi) is 5.26. The van der Waals surface area contributed by atoms with E-state index in [4.69, 9.17) is 15.5 Å². The molecule has 2 fully saturated rings. The second kappa shape index (κ2) is 8.61. The van der Waals surface area contributed by atoms with Gasteiger partial charge >= 0.3 is 6.09 Å². The number of nitrogens with one attached hydrogen (secondary N) is 1. The molecule has 11 heteroatoms. The van der Waals surface area contributed by atoms with Gasteiger partial charge in [-0.25, -0.2) is 19.7 Å². The number of carbonyl (C=O) groups excluding carboxylic acids is 1. The van der Waals surface area contributed by atoms with Crippen molar-refractivity contribution in [1.82, 2.24) is 24.3 Å². The van der Waals surface area contributed by atoms with Crippen molar-refractivity contribution in [3.8, 4) is 11.3 Å². The molecule has 0 saturated carbocycles. The molecule has 0 aliphatic carbocycles. The number of hydrogen-bond acceptors (Lipinski definition) is 7. The average molecular weight is 486 g/mol. The van der Waals surface area contributed by atoms with Gasteiger partial charge in [-0.15, -0.1) is 0 Å². The van der Waals surface area contributed by atoms with E-state index in [-0.39, 0.29) is 23.7 Å². The van der Waals surface area contributed by atoms with Crippen molar-refractivity contribution in [2.75, 3.05) is 24.3 Å². The molecule has 4 aromatic rings. The predicted octanol–water partition coefficient (Wildman–Crippen LogP) is 3.07. The van der Waals surface area contributed by atoms with Crippen LogP contribution in [0.2, 0.25) is 0 Å². The Balaban J connectivity index is 1.37. The molecular formula is C25H23N7O4. The lowest BCUT2D eigenvalue weighted by molar-refractivity contribution is 0.0978. The van der Waals surface area contributed by atoms with Gasteiger partial charge in [0, 0.05) is 35.6 Å². The summed E-state index contributed by atoms with van der Waals surface area (Å²) >= 11 is 0. The van der Waals surface area contributed by atoms with Gasteiger partial charge in [-0.1, -0.05) is 18.2 Å². The van der Waals surface area contributed by atoms with Crippen LogP contribution in [0.5, 0.6) is 0 Å². The van der Waals surface area contributed by atoms with Crippen molar-refractivity contribution < 1.29 is 19.4 Å². The second-order valence-corrected chi connectivity index (χ2v) is 8.90. The van der Waals surface area contributed by atoms with E-state index in [1.54, 1.807) is 61.1 Å². The fourth-order valence-electron chi connectivity index (χ4n) is 5.18. The van der Waals surface area contributed by atoms with Crippen LogP contribution in [0.15, 0.2) is 61.1 Å². The molecule has 3 aromatic heterocycles. The van der Waals surface area contributed by atoms with Gasteiger partial charge in [0.1, 0.15) is 28.7 Å². The maximum absolute atomic E-state index is 12.6. The van der Waals surface area contributed by atoms with Gasteiger partial charge in [-0.3, -0.25) is 14.1 Å². The summed E-state index contributed by atoms with van der Waals surface area (Å²) < 4.78 is 7.35. The maximum Gasteiger partial charge on any atom is 0.408 e. The van der Waals surface area contributed by atoms with Gasteiger partial charge in [0.05, 0.1) is 25.3 Å². The molecule has 2 aliphatic rings. The predicted molar refractivity (Wildman–Crippen MR) is 130 cm³/mol. The van der Waals surface area contributed by atoms with E-state index in [1.165, 1.54) is 4.90 Å². The van der Waals surface area contributed by atoms with Gasteiger partial charge in [0.2, 0.25) is 0 Å². The van der Waals surface area contributed by atoms with Crippen LogP contribution >= 0.6 is 0 Å². The van der Waals surface area contributed by atoms with Crippen LogP contribution in [0.25, 0.3) is 16.8 Å². The Labute approximate surface area is 205 Å². The van der Waals surface area contributed by atoms with Gasteiger partial charge in [-0.2, -0.15) is 0 Å². The zero-order valence-electron chi connectivity index (χ0n) is 19.1. The van der Waals surface area contributed by atoms with Gasteiger partial charge in [0.15, 0.2) is 0 Å². The molecule has 0 unspecified atom stereocenters. The number of carboxylic acid groups (broad SMARTS) is 1. The number of nitrogen functional groups attached to an aromatic ring is 1. The Hall–Kier alpha value is -4.51. The van der Waals surface area contributed by atoms with E-state index < -0.39 is 12.1 Å². The molecule has 2 aliphatic heterocycles. The Bertz CT molecular complexity index is 1450. The first kappa shape index (κ1) is 22.0. The number of anilines is 2. The number of nitrogens with two attached hydrogens (primary N) is 1. The fourth-order valence-corrected chi connectivity index (χ4v) is 5.18. The van der Waals surface area contributed by atoms with Crippen molar-refractivity contribution in [2.45, 2.75) is 18.5 Å².